The van der Waals surface area contributed by atoms with Crippen molar-refractivity contribution in [3.05, 3.63) is 22.7 Å². The number of ether oxygens (including phenoxy) is 2. The van der Waals surface area contributed by atoms with E-state index in [0.29, 0.717) is 29.7 Å². The molecule has 0 unspecified atom stereocenters. The Morgan fingerprint density at radius 2 is 1.64 bits per heavy atom. The number of fused-ring (bicyclic) bond motifs is 1. The number of likely N-dealkylation sites (tertiary alicyclic amines) is 1. The van der Waals surface area contributed by atoms with Gasteiger partial charge in [0, 0.05) is 36.3 Å². The molecule has 0 radical (unpaired) electrons. The standard InChI is InChI=1S/C18H22ClNO6.C2HF3O2/c1-3-4-26-14-11(5-12(19)6-13(14)25-2)7-20-9-17(15(21)22)8-18(17,10-20)16(23)24;3-2(4,5)1(6)7/h5-6H,3-4,7-10H2,1-2H3,(H,21,22)(H,23,24);(H,6,7)/t17-,18+;. The van der Waals surface area contributed by atoms with Gasteiger partial charge in [0.2, 0.25) is 0 Å². The third-order valence-electron chi connectivity index (χ3n) is 5.60. The number of carbonyl (C=O) groups is 3. The highest BCUT2D eigenvalue weighted by Gasteiger charge is 2.80. The van der Waals surface area contributed by atoms with Crippen LogP contribution in [0.4, 0.5) is 13.2 Å². The highest BCUT2D eigenvalue weighted by Crippen LogP contribution is 2.68. The van der Waals surface area contributed by atoms with E-state index in [0.717, 1.165) is 12.0 Å². The summed E-state index contributed by atoms with van der Waals surface area (Å²) in [7, 11) is 1.53. The normalized spacial score (nSPS) is 23.7. The number of piperidine rings is 1. The molecule has 9 nitrogen and oxygen atoms in total. The summed E-state index contributed by atoms with van der Waals surface area (Å²) in [5, 5.41) is 26.7. The summed E-state index contributed by atoms with van der Waals surface area (Å²) >= 11 is 6.17. The lowest BCUT2D eigenvalue weighted by atomic mass is 9.97. The minimum Gasteiger partial charge on any atom is -0.493 e. The summed E-state index contributed by atoms with van der Waals surface area (Å²) in [6.45, 7) is 3.22. The first kappa shape index (κ1) is 26.5. The van der Waals surface area contributed by atoms with Gasteiger partial charge >= 0.3 is 24.1 Å². The van der Waals surface area contributed by atoms with Gasteiger partial charge < -0.3 is 24.8 Å². The maximum Gasteiger partial charge on any atom is 0.490 e. The summed E-state index contributed by atoms with van der Waals surface area (Å²) in [4.78, 5) is 34.1. The van der Waals surface area contributed by atoms with Gasteiger partial charge in [0.05, 0.1) is 24.5 Å². The van der Waals surface area contributed by atoms with Crippen molar-refractivity contribution in [2.24, 2.45) is 10.8 Å². The number of benzene rings is 1. The van der Waals surface area contributed by atoms with Crippen LogP contribution in [0.2, 0.25) is 5.02 Å². The number of halogens is 4. The lowest BCUT2D eigenvalue weighted by molar-refractivity contribution is -0.192. The number of hydrogen-bond acceptors (Lipinski definition) is 6. The largest absolute Gasteiger partial charge is 0.493 e. The van der Waals surface area contributed by atoms with Gasteiger partial charge in [-0.2, -0.15) is 13.2 Å². The van der Waals surface area contributed by atoms with Gasteiger partial charge in [0.15, 0.2) is 11.5 Å². The average Bonchev–Trinajstić information content (AvgIpc) is 3.25. The molecule has 1 aromatic rings. The van der Waals surface area contributed by atoms with Crippen LogP contribution in [0.3, 0.4) is 0 Å². The van der Waals surface area contributed by atoms with Crippen LogP contribution in [0.25, 0.3) is 0 Å². The van der Waals surface area contributed by atoms with Crippen LogP contribution < -0.4 is 9.47 Å². The Morgan fingerprint density at radius 3 is 2.03 bits per heavy atom. The van der Waals surface area contributed by atoms with Gasteiger partial charge in [-0.1, -0.05) is 18.5 Å². The minimum atomic E-state index is -5.08. The summed E-state index contributed by atoms with van der Waals surface area (Å²) < 4.78 is 42.9. The fraction of sp³-hybridized carbons (Fsp3) is 0.550. The second kappa shape index (κ2) is 9.64. The van der Waals surface area contributed by atoms with Crippen molar-refractivity contribution in [1.29, 1.82) is 0 Å². The highest BCUT2D eigenvalue weighted by molar-refractivity contribution is 6.30. The lowest BCUT2D eigenvalue weighted by Crippen LogP contribution is -2.28. The molecule has 2 fully saturated rings. The first-order valence-electron chi connectivity index (χ1n) is 9.72. The van der Waals surface area contributed by atoms with Crippen molar-refractivity contribution < 1.29 is 52.3 Å². The molecule has 0 spiro atoms. The van der Waals surface area contributed by atoms with Crippen LogP contribution >= 0.6 is 11.6 Å². The molecule has 3 rings (SSSR count). The molecule has 0 amide bonds. The number of methoxy groups -OCH3 is 1. The van der Waals surface area contributed by atoms with E-state index in [1.807, 2.05) is 11.8 Å². The highest BCUT2D eigenvalue weighted by atomic mass is 35.5. The van der Waals surface area contributed by atoms with Crippen LogP contribution in [0.1, 0.15) is 25.3 Å². The Hall–Kier alpha value is -2.73. The van der Waals surface area contributed by atoms with E-state index in [2.05, 4.69) is 0 Å². The molecule has 184 valence electrons. The average molecular weight is 498 g/mol. The summed E-state index contributed by atoms with van der Waals surface area (Å²) in [5.41, 5.74) is -1.65. The Kier molecular flexibility index (Phi) is 7.74. The number of alkyl halides is 3. The van der Waals surface area contributed by atoms with Crippen molar-refractivity contribution >= 4 is 29.5 Å². The topological polar surface area (TPSA) is 134 Å². The van der Waals surface area contributed by atoms with Crippen LogP contribution in [0, 0.1) is 10.8 Å². The van der Waals surface area contributed by atoms with Crippen molar-refractivity contribution in [1.82, 2.24) is 4.90 Å². The fourth-order valence-electron chi connectivity index (χ4n) is 4.01. The number of hydrogen-bond donors (Lipinski definition) is 3. The quantitative estimate of drug-likeness (QED) is 0.495. The molecule has 0 bridgehead atoms. The van der Waals surface area contributed by atoms with Gasteiger partial charge in [-0.25, -0.2) is 4.79 Å². The number of aliphatic carboxylic acids is 3. The molecule has 1 aliphatic carbocycles. The zero-order valence-electron chi connectivity index (χ0n) is 17.7. The molecule has 2 atom stereocenters. The Labute approximate surface area is 191 Å². The number of carboxylic acid groups (broad SMARTS) is 3. The van der Waals surface area contributed by atoms with Crippen molar-refractivity contribution in [3.8, 4) is 11.5 Å². The van der Waals surface area contributed by atoms with E-state index in [1.54, 1.807) is 12.1 Å². The zero-order chi connectivity index (χ0) is 25.2. The van der Waals surface area contributed by atoms with Crippen molar-refractivity contribution in [2.45, 2.75) is 32.5 Å². The predicted octanol–water partition coefficient (Wildman–Crippen LogP) is 3.13. The Bertz CT molecular complexity index is 913. The zero-order valence-corrected chi connectivity index (χ0v) is 18.5. The maximum atomic E-state index is 11.7. The van der Waals surface area contributed by atoms with Crippen LogP contribution in [-0.2, 0) is 20.9 Å². The lowest BCUT2D eigenvalue weighted by Gasteiger charge is -2.22. The molecular formula is C20H23ClF3NO8. The molecule has 0 aromatic heterocycles. The monoisotopic (exact) mass is 497 g/mol. The number of nitrogens with zero attached hydrogens (tertiary/aromatic N) is 1. The molecule has 1 heterocycles. The Balaban J connectivity index is 0.000000479. The maximum absolute atomic E-state index is 11.7. The molecule has 1 aromatic carbocycles. The molecule has 33 heavy (non-hydrogen) atoms. The van der Waals surface area contributed by atoms with E-state index in [-0.39, 0.29) is 19.5 Å². The second-order valence-electron chi connectivity index (χ2n) is 7.84. The first-order valence-corrected chi connectivity index (χ1v) is 10.1. The van der Waals surface area contributed by atoms with E-state index in [9.17, 15) is 33.0 Å². The molecule has 3 N–H and O–H groups in total. The smallest absolute Gasteiger partial charge is 0.490 e. The minimum absolute atomic E-state index is 0.180. The Morgan fingerprint density at radius 1 is 1.12 bits per heavy atom. The summed E-state index contributed by atoms with van der Waals surface area (Å²) in [5.74, 6) is -3.78. The first-order chi connectivity index (χ1) is 15.2. The van der Waals surface area contributed by atoms with Crippen LogP contribution in [-0.4, -0.2) is 71.1 Å². The van der Waals surface area contributed by atoms with E-state index in [1.165, 1.54) is 7.11 Å². The van der Waals surface area contributed by atoms with Crippen molar-refractivity contribution in [3.63, 3.8) is 0 Å². The van der Waals surface area contributed by atoms with Crippen LogP contribution in [0.5, 0.6) is 11.5 Å². The van der Waals surface area contributed by atoms with Gasteiger partial charge in [-0.3, -0.25) is 14.5 Å². The molecule has 1 saturated carbocycles. The molecule has 2 aliphatic rings. The second-order valence-corrected chi connectivity index (χ2v) is 8.28. The van der Waals surface area contributed by atoms with E-state index >= 15 is 0 Å². The number of rotatable bonds is 8. The summed E-state index contributed by atoms with van der Waals surface area (Å²) in [6, 6.07) is 3.41. The SMILES string of the molecule is CCCOc1c(CN2C[C@@]3(C(=O)O)C[C@@]3(C(=O)O)C2)cc(Cl)cc1OC.O=C(O)C(F)(F)F. The molecular weight excluding hydrogens is 475 g/mol. The van der Waals surface area contributed by atoms with Crippen LogP contribution in [0.15, 0.2) is 12.1 Å². The van der Waals surface area contributed by atoms with Gasteiger partial charge in [0.25, 0.3) is 0 Å². The third kappa shape index (κ3) is 5.27. The third-order valence-corrected chi connectivity index (χ3v) is 5.82. The van der Waals surface area contributed by atoms with Gasteiger partial charge in [0.1, 0.15) is 0 Å². The molecule has 1 aliphatic heterocycles. The van der Waals surface area contributed by atoms with E-state index < -0.39 is 34.9 Å². The molecule has 13 heteroatoms. The van der Waals surface area contributed by atoms with E-state index in [4.69, 9.17) is 31.0 Å². The van der Waals surface area contributed by atoms with Gasteiger partial charge in [-0.15, -0.1) is 0 Å². The predicted molar refractivity (Wildman–Crippen MR) is 108 cm³/mol. The molecule has 1 saturated heterocycles. The fourth-order valence-corrected chi connectivity index (χ4v) is 4.24. The number of carboxylic acids is 3. The van der Waals surface area contributed by atoms with Gasteiger partial charge in [-0.05, 0) is 18.9 Å². The summed E-state index contributed by atoms with van der Waals surface area (Å²) in [6.07, 6.45) is -4.08. The van der Waals surface area contributed by atoms with Crippen molar-refractivity contribution in [2.75, 3.05) is 26.8 Å².